The van der Waals surface area contributed by atoms with Gasteiger partial charge in [-0.3, -0.25) is 4.72 Å². The molecular formula is C21H19ClN6O2S3. The molecule has 0 fully saturated rings. The number of halogens is 1. The van der Waals surface area contributed by atoms with Gasteiger partial charge in [-0.2, -0.15) is 0 Å². The Morgan fingerprint density at radius 3 is 2.55 bits per heavy atom. The lowest BCUT2D eigenvalue weighted by Crippen LogP contribution is -2.14. The third kappa shape index (κ3) is 4.63. The zero-order chi connectivity index (χ0) is 23.0. The fourth-order valence-electron chi connectivity index (χ4n) is 3.74. The van der Waals surface area contributed by atoms with Gasteiger partial charge in [0.05, 0.1) is 10.3 Å². The molecule has 0 spiro atoms. The summed E-state index contributed by atoms with van der Waals surface area (Å²) in [7, 11) is -3.81. The zero-order valence-corrected chi connectivity index (χ0v) is 20.7. The highest BCUT2D eigenvalue weighted by molar-refractivity contribution is 7.98. The largest absolute Gasteiger partial charge is 0.340 e. The highest BCUT2D eigenvalue weighted by atomic mass is 35.5. The van der Waals surface area contributed by atoms with E-state index in [1.54, 1.807) is 23.5 Å². The van der Waals surface area contributed by atoms with Crippen LogP contribution in [0.3, 0.4) is 0 Å². The summed E-state index contributed by atoms with van der Waals surface area (Å²) in [4.78, 5) is 11.9. The van der Waals surface area contributed by atoms with Crippen LogP contribution >= 0.6 is 34.7 Å². The molecule has 0 atom stereocenters. The lowest BCUT2D eigenvalue weighted by molar-refractivity contribution is 0.601. The molecule has 1 aliphatic carbocycles. The van der Waals surface area contributed by atoms with Crippen molar-refractivity contribution in [3.63, 3.8) is 0 Å². The summed E-state index contributed by atoms with van der Waals surface area (Å²) in [6, 6.07) is 9.42. The maximum atomic E-state index is 12.7. The zero-order valence-electron chi connectivity index (χ0n) is 17.5. The Hall–Kier alpha value is -2.47. The number of thioether (sulfide) groups is 1. The molecule has 8 nitrogen and oxygen atoms in total. The van der Waals surface area contributed by atoms with Gasteiger partial charge in [0.15, 0.2) is 16.1 Å². The van der Waals surface area contributed by atoms with Crippen LogP contribution in [0.15, 0.2) is 46.5 Å². The number of aryl methyl sites for hydroxylation is 2. The molecule has 4 aromatic rings. The third-order valence-corrected chi connectivity index (χ3v) is 8.58. The molecule has 1 aliphatic rings. The van der Waals surface area contributed by atoms with Crippen LogP contribution in [-0.2, 0) is 22.9 Å². The summed E-state index contributed by atoms with van der Waals surface area (Å²) in [5, 5.41) is 12.7. The maximum Gasteiger partial charge on any atom is 0.263 e. The van der Waals surface area contributed by atoms with Crippen LogP contribution in [0.1, 0.15) is 23.3 Å². The first-order valence-corrected chi connectivity index (χ1v) is 14.1. The molecule has 3 heterocycles. The fraction of sp³-hybridized carbons (Fsp3) is 0.238. The molecule has 0 saturated heterocycles. The number of nitrogens with zero attached hydrogens (tertiary/aromatic N) is 4. The number of anilines is 3. The number of sulfonamides is 1. The van der Waals surface area contributed by atoms with Crippen LogP contribution in [0.4, 0.5) is 17.3 Å². The summed E-state index contributed by atoms with van der Waals surface area (Å²) < 4.78 is 27.8. The van der Waals surface area contributed by atoms with E-state index in [-0.39, 0.29) is 15.9 Å². The number of aromatic nitrogens is 4. The van der Waals surface area contributed by atoms with Gasteiger partial charge in [0.2, 0.25) is 0 Å². The van der Waals surface area contributed by atoms with E-state index < -0.39 is 10.0 Å². The minimum Gasteiger partial charge on any atom is -0.340 e. The van der Waals surface area contributed by atoms with Crippen LogP contribution in [0.5, 0.6) is 0 Å². The molecule has 0 bridgehead atoms. The van der Waals surface area contributed by atoms with Crippen LogP contribution in [0, 0.1) is 0 Å². The molecule has 0 unspecified atom stereocenters. The number of hydrogen-bond acceptors (Lipinski definition) is 9. The Morgan fingerprint density at radius 2 is 1.82 bits per heavy atom. The molecule has 2 N–H and O–H groups in total. The number of fused-ring (bicyclic) bond motifs is 3. The lowest BCUT2D eigenvalue weighted by Gasteiger charge is -2.13. The molecule has 0 amide bonds. The van der Waals surface area contributed by atoms with Gasteiger partial charge in [0, 0.05) is 10.6 Å². The standard InChI is InChI=1S/C21H19ClN6O2S3/c1-31-21-24-19(18-14-4-2-3-5-15(14)32-20(18)25-21)23-12-6-8-13(9-7-12)33(29,30)28-17-11-10-16(22)26-27-17/h6-11H,2-5H2,1H3,(H,27,28)(H,23,24,25). The molecule has 1 aromatic carbocycles. The molecular weight excluding hydrogens is 500 g/mol. The molecule has 33 heavy (non-hydrogen) atoms. The Bertz CT molecular complexity index is 1420. The van der Waals surface area contributed by atoms with Crippen LogP contribution in [0.2, 0.25) is 5.15 Å². The lowest BCUT2D eigenvalue weighted by atomic mass is 9.97. The van der Waals surface area contributed by atoms with Gasteiger partial charge in [-0.05, 0) is 73.9 Å². The fourth-order valence-corrected chi connectivity index (χ4v) is 6.52. The van der Waals surface area contributed by atoms with Gasteiger partial charge in [-0.15, -0.1) is 21.5 Å². The predicted molar refractivity (Wildman–Crippen MR) is 133 cm³/mol. The van der Waals surface area contributed by atoms with E-state index in [4.69, 9.17) is 21.6 Å². The maximum absolute atomic E-state index is 12.7. The second-order valence-corrected chi connectivity index (χ2v) is 11.4. The van der Waals surface area contributed by atoms with Crippen molar-refractivity contribution in [2.75, 3.05) is 16.3 Å². The summed E-state index contributed by atoms with van der Waals surface area (Å²) >= 11 is 8.95. The van der Waals surface area contributed by atoms with Gasteiger partial charge in [0.1, 0.15) is 10.6 Å². The number of thiophene rings is 1. The molecule has 3 aromatic heterocycles. The van der Waals surface area contributed by atoms with Crippen LogP contribution in [0.25, 0.3) is 10.2 Å². The minimum absolute atomic E-state index is 0.0943. The van der Waals surface area contributed by atoms with E-state index in [2.05, 4.69) is 20.2 Å². The minimum atomic E-state index is -3.81. The first kappa shape index (κ1) is 22.3. The van der Waals surface area contributed by atoms with Gasteiger partial charge < -0.3 is 5.32 Å². The highest BCUT2D eigenvalue weighted by Gasteiger charge is 2.21. The van der Waals surface area contributed by atoms with E-state index in [0.29, 0.717) is 5.16 Å². The number of benzene rings is 1. The number of rotatable bonds is 6. The monoisotopic (exact) mass is 518 g/mol. The van der Waals surface area contributed by atoms with E-state index in [1.807, 2.05) is 6.26 Å². The van der Waals surface area contributed by atoms with Gasteiger partial charge in [-0.1, -0.05) is 23.4 Å². The average molecular weight is 519 g/mol. The van der Waals surface area contributed by atoms with Crippen LogP contribution in [-0.4, -0.2) is 34.8 Å². The van der Waals surface area contributed by atoms with Gasteiger partial charge in [0.25, 0.3) is 10.0 Å². The SMILES string of the molecule is CSc1nc(Nc2ccc(S(=O)(=O)Nc3ccc(Cl)nn3)cc2)c2c3c(sc2n1)CCCC3. The quantitative estimate of drug-likeness (QED) is 0.262. The summed E-state index contributed by atoms with van der Waals surface area (Å²) in [5.74, 6) is 0.853. The summed E-state index contributed by atoms with van der Waals surface area (Å²) in [6.45, 7) is 0. The molecule has 0 radical (unpaired) electrons. The molecule has 12 heteroatoms. The number of hydrogen-bond donors (Lipinski definition) is 2. The van der Waals surface area contributed by atoms with Crippen molar-refractivity contribution in [1.82, 2.24) is 20.2 Å². The van der Waals surface area contributed by atoms with E-state index in [1.165, 1.54) is 59.3 Å². The topological polar surface area (TPSA) is 110 Å². The van der Waals surface area contributed by atoms with Crippen molar-refractivity contribution in [3.8, 4) is 0 Å². The van der Waals surface area contributed by atoms with E-state index in [9.17, 15) is 8.42 Å². The predicted octanol–water partition coefficient (Wildman–Crippen LogP) is 5.28. The van der Waals surface area contributed by atoms with Crippen molar-refractivity contribution in [1.29, 1.82) is 0 Å². The average Bonchev–Trinajstić information content (AvgIpc) is 3.19. The third-order valence-electron chi connectivity index (χ3n) is 5.28. The normalized spacial score (nSPS) is 13.6. The second-order valence-electron chi connectivity index (χ2n) is 7.45. The van der Waals surface area contributed by atoms with Crippen molar-refractivity contribution in [2.24, 2.45) is 0 Å². The smallest absolute Gasteiger partial charge is 0.263 e. The Balaban J connectivity index is 1.43. The Kier molecular flexibility index (Phi) is 6.12. The first-order chi connectivity index (χ1) is 15.9. The van der Waals surface area contributed by atoms with Gasteiger partial charge in [-0.25, -0.2) is 18.4 Å². The van der Waals surface area contributed by atoms with Gasteiger partial charge >= 0.3 is 0 Å². The Labute approximate surface area is 204 Å². The molecule has 170 valence electrons. The van der Waals surface area contributed by atoms with Crippen molar-refractivity contribution >= 4 is 72.3 Å². The Morgan fingerprint density at radius 1 is 1.03 bits per heavy atom. The number of nitrogens with one attached hydrogen (secondary N) is 2. The first-order valence-electron chi connectivity index (χ1n) is 10.2. The van der Waals surface area contributed by atoms with Crippen molar-refractivity contribution in [3.05, 3.63) is 52.0 Å². The molecule has 5 rings (SSSR count). The van der Waals surface area contributed by atoms with Crippen LogP contribution < -0.4 is 10.0 Å². The van der Waals surface area contributed by atoms with Crippen molar-refractivity contribution < 1.29 is 8.42 Å². The van der Waals surface area contributed by atoms with Crippen molar-refractivity contribution in [2.45, 2.75) is 35.7 Å². The van der Waals surface area contributed by atoms with E-state index >= 15 is 0 Å². The summed E-state index contributed by atoms with van der Waals surface area (Å²) in [5.41, 5.74) is 2.08. The molecule has 0 aliphatic heterocycles. The summed E-state index contributed by atoms with van der Waals surface area (Å²) in [6.07, 6.45) is 6.44. The second kappa shape index (κ2) is 9.05. The molecule has 0 saturated carbocycles. The highest BCUT2D eigenvalue weighted by Crippen LogP contribution is 2.40. The van der Waals surface area contributed by atoms with E-state index in [0.717, 1.165) is 34.6 Å².